The fraction of sp³-hybridized carbons (Fsp3) is 0.608. The molecule has 0 bridgehead atoms. The van der Waals surface area contributed by atoms with Crippen molar-refractivity contribution < 1.29 is 32.6 Å². The van der Waals surface area contributed by atoms with E-state index in [9.17, 15) is 9.59 Å². The van der Waals surface area contributed by atoms with Crippen molar-refractivity contribution in [3.8, 4) is 5.75 Å². The molecule has 9 unspecified atom stereocenters. The van der Waals surface area contributed by atoms with E-state index in [-0.39, 0.29) is 36.0 Å². The van der Waals surface area contributed by atoms with Crippen LogP contribution in [0.25, 0.3) is 6.08 Å². The van der Waals surface area contributed by atoms with E-state index in [1.807, 2.05) is 0 Å². The first-order valence-corrected chi connectivity index (χ1v) is 22.9. The van der Waals surface area contributed by atoms with Gasteiger partial charge in [-0.2, -0.15) is 4.39 Å². The maximum Gasteiger partial charge on any atom is 0.338 e. The van der Waals surface area contributed by atoms with Crippen LogP contribution in [0.5, 0.6) is 5.75 Å². The highest BCUT2D eigenvalue weighted by Crippen LogP contribution is 2.67. The number of fused-ring (bicyclic) bond motifs is 5. The van der Waals surface area contributed by atoms with E-state index in [2.05, 4.69) is 59.8 Å². The van der Waals surface area contributed by atoms with Crippen LogP contribution < -0.4 is 16.2 Å². The third-order valence-electron chi connectivity index (χ3n) is 15.2. The van der Waals surface area contributed by atoms with Crippen molar-refractivity contribution in [1.29, 1.82) is 0 Å². The molecule has 4 aliphatic carbocycles. The van der Waals surface area contributed by atoms with Crippen LogP contribution in [0.15, 0.2) is 60.2 Å². The lowest BCUT2D eigenvalue weighted by Gasteiger charge is -2.58. The SMILES string of the molecule is CCC(/C=C\C(C)C1CCC2C3CC=C4C(OC(=O)/C=C/c5ccc(OCCCCCCOC(=O)c6cc(N)cc(N)c6)c(F)c5F)CCCC4(C)C3CCC12C)C(C)C. The van der Waals surface area contributed by atoms with Crippen molar-refractivity contribution in [3.63, 3.8) is 0 Å². The number of nitrogen functional groups attached to an aromatic ring is 2. The minimum Gasteiger partial charge on any atom is -0.490 e. The van der Waals surface area contributed by atoms with Crippen molar-refractivity contribution in [2.75, 3.05) is 24.7 Å². The molecule has 4 aliphatic rings. The van der Waals surface area contributed by atoms with Gasteiger partial charge in [0.05, 0.1) is 18.8 Å². The molecule has 6 rings (SSSR count). The molecule has 0 heterocycles. The third-order valence-corrected chi connectivity index (χ3v) is 15.2. The first-order valence-electron chi connectivity index (χ1n) is 22.9. The fourth-order valence-electron chi connectivity index (χ4n) is 12.0. The number of hydrogen-bond acceptors (Lipinski definition) is 7. The summed E-state index contributed by atoms with van der Waals surface area (Å²) in [5, 5.41) is 0. The van der Waals surface area contributed by atoms with Crippen LogP contribution in [-0.2, 0) is 14.3 Å². The predicted octanol–water partition coefficient (Wildman–Crippen LogP) is 12.3. The van der Waals surface area contributed by atoms with Gasteiger partial charge in [-0.15, -0.1) is 0 Å². The second-order valence-corrected chi connectivity index (χ2v) is 19.2. The highest BCUT2D eigenvalue weighted by molar-refractivity contribution is 5.91. The molecule has 7 nitrogen and oxygen atoms in total. The Hall–Kier alpha value is -4.14. The van der Waals surface area contributed by atoms with E-state index >= 15 is 8.78 Å². The van der Waals surface area contributed by atoms with E-state index in [0.29, 0.717) is 70.7 Å². The Balaban J connectivity index is 0.974. The van der Waals surface area contributed by atoms with E-state index in [4.69, 9.17) is 25.7 Å². The van der Waals surface area contributed by atoms with Crippen LogP contribution in [0.2, 0.25) is 0 Å². The summed E-state index contributed by atoms with van der Waals surface area (Å²) in [4.78, 5) is 25.4. The number of benzene rings is 2. The van der Waals surface area contributed by atoms with Gasteiger partial charge in [0, 0.05) is 23.0 Å². The third kappa shape index (κ3) is 9.97. The Morgan fingerprint density at radius 3 is 2.33 bits per heavy atom. The normalized spacial score (nSPS) is 28.5. The van der Waals surface area contributed by atoms with E-state index in [1.165, 1.54) is 74.1 Å². The number of carbonyl (C=O) groups is 2. The van der Waals surface area contributed by atoms with E-state index < -0.39 is 23.6 Å². The van der Waals surface area contributed by atoms with Gasteiger partial charge in [0.15, 0.2) is 11.6 Å². The van der Waals surface area contributed by atoms with E-state index in [0.717, 1.165) is 44.4 Å². The average molecular weight is 829 g/mol. The number of esters is 2. The Labute approximate surface area is 357 Å². The predicted molar refractivity (Wildman–Crippen MR) is 237 cm³/mol. The Kier molecular flexibility index (Phi) is 14.9. The van der Waals surface area contributed by atoms with Crippen LogP contribution >= 0.6 is 0 Å². The van der Waals surface area contributed by atoms with Crippen LogP contribution in [-0.4, -0.2) is 31.3 Å². The molecular formula is C51H70F2N2O5. The second kappa shape index (κ2) is 19.7. The summed E-state index contributed by atoms with van der Waals surface area (Å²) < 4.78 is 47.1. The van der Waals surface area contributed by atoms with Crippen LogP contribution in [0.3, 0.4) is 0 Å². The summed E-state index contributed by atoms with van der Waals surface area (Å²) in [6, 6.07) is 7.40. The number of rotatable bonds is 17. The number of unbranched alkanes of at least 4 members (excludes halogenated alkanes) is 3. The topological polar surface area (TPSA) is 114 Å². The number of nitrogens with two attached hydrogens (primary N) is 2. The molecule has 60 heavy (non-hydrogen) atoms. The van der Waals surface area contributed by atoms with Crippen molar-refractivity contribution in [2.45, 2.75) is 131 Å². The number of carbonyl (C=O) groups excluding carboxylic acids is 2. The van der Waals surface area contributed by atoms with Gasteiger partial charge in [-0.3, -0.25) is 0 Å². The second-order valence-electron chi connectivity index (χ2n) is 19.2. The molecule has 0 spiro atoms. The monoisotopic (exact) mass is 829 g/mol. The molecule has 0 saturated heterocycles. The molecule has 4 N–H and O–H groups in total. The Morgan fingerprint density at radius 2 is 1.62 bits per heavy atom. The number of allylic oxidation sites excluding steroid dienone is 3. The van der Waals surface area contributed by atoms with Gasteiger partial charge < -0.3 is 25.7 Å². The number of halogens is 2. The summed E-state index contributed by atoms with van der Waals surface area (Å²) in [7, 11) is 0. The highest BCUT2D eigenvalue weighted by atomic mass is 19.2. The summed E-state index contributed by atoms with van der Waals surface area (Å²) in [5.41, 5.74) is 14.2. The highest BCUT2D eigenvalue weighted by Gasteiger charge is 2.59. The number of ether oxygens (including phenoxy) is 3. The summed E-state index contributed by atoms with van der Waals surface area (Å²) in [6.07, 6.45) is 22.7. The largest absolute Gasteiger partial charge is 0.490 e. The Bertz CT molecular complexity index is 1900. The molecule has 3 fully saturated rings. The van der Waals surface area contributed by atoms with Gasteiger partial charge in [-0.25, -0.2) is 14.0 Å². The van der Waals surface area contributed by atoms with Crippen molar-refractivity contribution in [1.82, 2.24) is 0 Å². The molecule has 0 aliphatic heterocycles. The number of hydrogen-bond donors (Lipinski definition) is 2. The molecule has 2 aromatic rings. The molecule has 9 heteroatoms. The number of anilines is 2. The molecule has 3 saturated carbocycles. The quantitative estimate of drug-likeness (QED) is 0.0536. The molecule has 9 atom stereocenters. The lowest BCUT2D eigenvalue weighted by molar-refractivity contribution is -0.144. The van der Waals surface area contributed by atoms with Crippen molar-refractivity contribution in [3.05, 3.63) is 83.0 Å². The first kappa shape index (κ1) is 45.4. The maximum absolute atomic E-state index is 15.1. The van der Waals surface area contributed by atoms with Crippen LogP contribution in [0.1, 0.15) is 141 Å². The van der Waals surface area contributed by atoms with Gasteiger partial charge in [0.2, 0.25) is 5.82 Å². The van der Waals surface area contributed by atoms with Gasteiger partial charge in [-0.1, -0.05) is 59.8 Å². The minimum absolute atomic E-state index is 0.000457. The fourth-order valence-corrected chi connectivity index (χ4v) is 12.0. The standard InChI is InChI=1S/C51H70F2N2O5/c1-7-34(32(2)3)15-14-33(4)40-20-21-41-39-18-19-43-44(13-12-25-50(43,5)42(39)24-26-51(40,41)6)60-46(56)23-17-35-16-22-45(48(53)47(35)52)58-27-10-8-9-11-28-59-49(57)36-29-37(54)31-38(55)30-36/h14-17,19,22-23,29-34,39-42,44H,7-13,18,20-21,24-28,54-55H2,1-6H3/b15-14-,23-17+. The van der Waals surface area contributed by atoms with Gasteiger partial charge in [0.1, 0.15) is 6.10 Å². The van der Waals surface area contributed by atoms with E-state index in [1.54, 1.807) is 6.07 Å². The summed E-state index contributed by atoms with van der Waals surface area (Å²) in [6.45, 7) is 14.9. The van der Waals surface area contributed by atoms with Gasteiger partial charge in [-0.05, 0) is 178 Å². The lowest BCUT2D eigenvalue weighted by atomic mass is 9.47. The Morgan fingerprint density at radius 1 is 0.883 bits per heavy atom. The maximum atomic E-state index is 15.1. The molecule has 0 amide bonds. The van der Waals surface area contributed by atoms with Crippen molar-refractivity contribution in [2.24, 2.45) is 52.3 Å². The zero-order chi connectivity index (χ0) is 43.2. The molecular weight excluding hydrogens is 759 g/mol. The van der Waals surface area contributed by atoms with Gasteiger partial charge >= 0.3 is 11.9 Å². The first-order chi connectivity index (χ1) is 28.7. The smallest absolute Gasteiger partial charge is 0.338 e. The molecule has 0 radical (unpaired) electrons. The minimum atomic E-state index is -1.09. The zero-order valence-electron chi connectivity index (χ0n) is 37.0. The molecule has 0 aromatic heterocycles. The van der Waals surface area contributed by atoms with Crippen molar-refractivity contribution >= 4 is 29.4 Å². The van der Waals surface area contributed by atoms with Crippen LogP contribution in [0, 0.1) is 63.9 Å². The zero-order valence-corrected chi connectivity index (χ0v) is 37.0. The van der Waals surface area contributed by atoms with Gasteiger partial charge in [0.25, 0.3) is 0 Å². The molecule has 2 aromatic carbocycles. The average Bonchev–Trinajstić information content (AvgIpc) is 3.57. The van der Waals surface area contributed by atoms with Crippen LogP contribution in [0.4, 0.5) is 20.2 Å². The summed E-state index contributed by atoms with van der Waals surface area (Å²) >= 11 is 0. The summed E-state index contributed by atoms with van der Waals surface area (Å²) in [5.74, 6) is 1.19. The lowest BCUT2D eigenvalue weighted by Crippen LogP contribution is -2.52. The molecule has 328 valence electrons.